The Balaban J connectivity index is 1.42. The van der Waals surface area contributed by atoms with Gasteiger partial charge in [0.2, 0.25) is 10.0 Å². The molecule has 0 aliphatic carbocycles. The highest BCUT2D eigenvalue weighted by Crippen LogP contribution is 2.25. The smallest absolute Gasteiger partial charge is 0.253 e. The predicted octanol–water partition coefficient (Wildman–Crippen LogP) is 3.47. The molecule has 0 N–H and O–H groups in total. The molecule has 8 heteroatoms. The van der Waals surface area contributed by atoms with Gasteiger partial charge in [0.25, 0.3) is 5.91 Å². The van der Waals surface area contributed by atoms with Crippen molar-refractivity contribution in [2.45, 2.75) is 43.5 Å². The van der Waals surface area contributed by atoms with Crippen LogP contribution in [-0.2, 0) is 10.0 Å². The Labute approximate surface area is 196 Å². The second kappa shape index (κ2) is 9.94. The molecule has 2 aliphatic rings. The van der Waals surface area contributed by atoms with Crippen LogP contribution in [0.1, 0.15) is 48.5 Å². The summed E-state index contributed by atoms with van der Waals surface area (Å²) in [5.74, 6) is -0.0769. The minimum Gasteiger partial charge on any atom is -0.370 e. The van der Waals surface area contributed by atoms with Gasteiger partial charge in [0, 0.05) is 50.0 Å². The highest BCUT2D eigenvalue weighted by molar-refractivity contribution is 7.89. The number of benzene rings is 2. The number of nitriles is 1. The van der Waals surface area contributed by atoms with Crippen LogP contribution in [0, 0.1) is 11.3 Å². The summed E-state index contributed by atoms with van der Waals surface area (Å²) in [4.78, 5) is 17.4. The first kappa shape index (κ1) is 23.3. The third-order valence-corrected chi connectivity index (χ3v) is 8.62. The van der Waals surface area contributed by atoms with Crippen LogP contribution in [0.25, 0.3) is 0 Å². The molecule has 1 unspecified atom stereocenters. The number of sulfonamides is 1. The molecule has 0 saturated carbocycles. The van der Waals surface area contributed by atoms with Gasteiger partial charge in [0.05, 0.1) is 16.5 Å². The Hall–Kier alpha value is -2.89. The number of carbonyl (C=O) groups excluding carboxylic acids is 1. The number of nitrogens with zero attached hydrogens (tertiary/aromatic N) is 4. The van der Waals surface area contributed by atoms with Crippen molar-refractivity contribution >= 4 is 21.6 Å². The first-order valence-electron chi connectivity index (χ1n) is 11.6. The number of piperidine rings is 1. The van der Waals surface area contributed by atoms with Gasteiger partial charge < -0.3 is 9.80 Å². The lowest BCUT2D eigenvalue weighted by Gasteiger charge is -2.32. The summed E-state index contributed by atoms with van der Waals surface area (Å²) >= 11 is 0. The maximum Gasteiger partial charge on any atom is 0.253 e. The second-order valence-corrected chi connectivity index (χ2v) is 10.7. The fraction of sp³-hybridized carbons (Fsp3) is 0.440. The SMILES string of the molecule is CC1CCCCN1S(=O)(=O)c1ccc(C(=O)N2CCCN(c3ccc(C#N)cc3)CC2)cc1. The molecule has 2 aromatic rings. The van der Waals surface area contributed by atoms with Crippen LogP contribution in [0.5, 0.6) is 0 Å². The molecular formula is C25H30N4O3S. The minimum atomic E-state index is -3.55. The van der Waals surface area contributed by atoms with Gasteiger partial charge in [0.1, 0.15) is 0 Å². The van der Waals surface area contributed by atoms with Crippen LogP contribution in [0.3, 0.4) is 0 Å². The lowest BCUT2D eigenvalue weighted by Crippen LogP contribution is -2.41. The van der Waals surface area contributed by atoms with E-state index in [0.29, 0.717) is 37.3 Å². The zero-order valence-electron chi connectivity index (χ0n) is 19.0. The molecule has 1 amide bonds. The van der Waals surface area contributed by atoms with Crippen LogP contribution in [0.2, 0.25) is 0 Å². The maximum absolute atomic E-state index is 13.1. The maximum atomic E-state index is 13.1. The lowest BCUT2D eigenvalue weighted by atomic mass is 10.1. The molecule has 4 rings (SSSR count). The van der Waals surface area contributed by atoms with Gasteiger partial charge in [-0.25, -0.2) is 8.42 Å². The highest BCUT2D eigenvalue weighted by atomic mass is 32.2. The Morgan fingerprint density at radius 3 is 2.30 bits per heavy atom. The highest BCUT2D eigenvalue weighted by Gasteiger charge is 2.31. The van der Waals surface area contributed by atoms with Crippen molar-refractivity contribution in [2.75, 3.05) is 37.6 Å². The van der Waals surface area contributed by atoms with E-state index in [0.717, 1.165) is 37.9 Å². The Morgan fingerprint density at radius 2 is 1.64 bits per heavy atom. The molecule has 7 nitrogen and oxygen atoms in total. The van der Waals surface area contributed by atoms with Crippen LogP contribution >= 0.6 is 0 Å². The van der Waals surface area contributed by atoms with E-state index in [9.17, 15) is 13.2 Å². The quantitative estimate of drug-likeness (QED) is 0.689. The molecule has 174 valence electrons. The Kier molecular flexibility index (Phi) is 7.01. The van der Waals surface area contributed by atoms with Crippen LogP contribution in [0.15, 0.2) is 53.4 Å². The van der Waals surface area contributed by atoms with E-state index in [1.165, 1.54) is 0 Å². The zero-order valence-corrected chi connectivity index (χ0v) is 19.8. The van der Waals surface area contributed by atoms with Gasteiger partial charge in [-0.1, -0.05) is 6.42 Å². The summed E-state index contributed by atoms with van der Waals surface area (Å²) in [6, 6.07) is 16.0. The zero-order chi connectivity index (χ0) is 23.4. The Morgan fingerprint density at radius 1 is 0.909 bits per heavy atom. The van der Waals surface area contributed by atoms with E-state index in [4.69, 9.17) is 5.26 Å². The molecule has 0 aromatic heterocycles. The molecular weight excluding hydrogens is 436 g/mol. The first-order chi connectivity index (χ1) is 15.9. The molecule has 2 heterocycles. The Bertz CT molecular complexity index is 1120. The van der Waals surface area contributed by atoms with E-state index in [1.807, 2.05) is 36.1 Å². The summed E-state index contributed by atoms with van der Waals surface area (Å²) in [5.41, 5.74) is 2.18. The molecule has 0 radical (unpaired) electrons. The van der Waals surface area contributed by atoms with Crippen LogP contribution in [0.4, 0.5) is 5.69 Å². The van der Waals surface area contributed by atoms with Gasteiger partial charge in [-0.05, 0) is 74.7 Å². The molecule has 1 atom stereocenters. The van der Waals surface area contributed by atoms with Gasteiger partial charge in [-0.15, -0.1) is 0 Å². The van der Waals surface area contributed by atoms with E-state index in [1.54, 1.807) is 28.6 Å². The first-order valence-corrected chi connectivity index (χ1v) is 13.0. The second-order valence-electron chi connectivity index (χ2n) is 8.78. The monoisotopic (exact) mass is 466 g/mol. The lowest BCUT2D eigenvalue weighted by molar-refractivity contribution is 0.0767. The van der Waals surface area contributed by atoms with E-state index in [-0.39, 0.29) is 16.8 Å². The largest absolute Gasteiger partial charge is 0.370 e. The van der Waals surface area contributed by atoms with Crippen molar-refractivity contribution < 1.29 is 13.2 Å². The standard InChI is InChI=1S/C25H30N4O3S/c1-20-5-2-3-16-29(20)33(31,32)24-12-8-22(9-13-24)25(30)28-15-4-14-27(17-18-28)23-10-6-21(19-26)7-11-23/h6-13,20H,2-5,14-18H2,1H3. The molecule has 2 aromatic carbocycles. The van der Waals surface area contributed by atoms with Gasteiger partial charge in [0.15, 0.2) is 0 Å². The third kappa shape index (κ3) is 5.05. The van der Waals surface area contributed by atoms with Crippen molar-refractivity contribution in [3.63, 3.8) is 0 Å². The summed E-state index contributed by atoms with van der Waals surface area (Å²) in [7, 11) is -3.55. The van der Waals surface area contributed by atoms with Crippen molar-refractivity contribution in [1.82, 2.24) is 9.21 Å². The summed E-state index contributed by atoms with van der Waals surface area (Å²) < 4.78 is 27.7. The van der Waals surface area contributed by atoms with Gasteiger partial charge in [-0.3, -0.25) is 4.79 Å². The summed E-state index contributed by atoms with van der Waals surface area (Å²) in [6.45, 7) is 5.28. The molecule has 2 saturated heterocycles. The topological polar surface area (TPSA) is 84.7 Å². The van der Waals surface area contributed by atoms with Crippen molar-refractivity contribution in [1.29, 1.82) is 5.26 Å². The molecule has 0 bridgehead atoms. The fourth-order valence-corrected chi connectivity index (χ4v) is 6.34. The number of carbonyl (C=O) groups is 1. The molecule has 2 aliphatic heterocycles. The fourth-order valence-electron chi connectivity index (χ4n) is 4.64. The molecule has 0 spiro atoms. The predicted molar refractivity (Wildman–Crippen MR) is 128 cm³/mol. The summed E-state index contributed by atoms with van der Waals surface area (Å²) in [5, 5.41) is 8.98. The number of anilines is 1. The van der Waals surface area contributed by atoms with E-state index < -0.39 is 10.0 Å². The average molecular weight is 467 g/mol. The van der Waals surface area contributed by atoms with Gasteiger partial charge in [-0.2, -0.15) is 9.57 Å². The van der Waals surface area contributed by atoms with E-state index in [2.05, 4.69) is 11.0 Å². The van der Waals surface area contributed by atoms with Crippen molar-refractivity contribution in [3.8, 4) is 6.07 Å². The number of hydrogen-bond acceptors (Lipinski definition) is 5. The van der Waals surface area contributed by atoms with Crippen molar-refractivity contribution in [3.05, 3.63) is 59.7 Å². The van der Waals surface area contributed by atoms with Crippen molar-refractivity contribution in [2.24, 2.45) is 0 Å². The molecule has 33 heavy (non-hydrogen) atoms. The number of rotatable bonds is 4. The van der Waals surface area contributed by atoms with Crippen LogP contribution in [-0.4, -0.2) is 62.3 Å². The van der Waals surface area contributed by atoms with Gasteiger partial charge >= 0.3 is 0 Å². The number of hydrogen-bond donors (Lipinski definition) is 0. The minimum absolute atomic E-state index is 0.00112. The number of amides is 1. The van der Waals surface area contributed by atoms with Crippen LogP contribution < -0.4 is 4.90 Å². The molecule has 2 fully saturated rings. The average Bonchev–Trinajstić information content (AvgIpc) is 3.10. The summed E-state index contributed by atoms with van der Waals surface area (Å²) in [6.07, 6.45) is 3.66. The van der Waals surface area contributed by atoms with E-state index >= 15 is 0 Å². The normalized spacial score (nSPS) is 20.2. The third-order valence-electron chi connectivity index (χ3n) is 6.59.